The molecule has 0 aliphatic heterocycles. The number of nitrogens with zero attached hydrogens (tertiary/aromatic N) is 1. The van der Waals surface area contributed by atoms with E-state index >= 15 is 0 Å². The van der Waals surface area contributed by atoms with Crippen LogP contribution in [-0.4, -0.2) is 30.7 Å². The number of rotatable bonds is 4. The number of carbonyl (C=O) groups excluding carboxylic acids is 2. The smallest absolute Gasteiger partial charge is 0.260 e. The van der Waals surface area contributed by atoms with Crippen molar-refractivity contribution in [2.24, 2.45) is 0 Å². The van der Waals surface area contributed by atoms with Crippen LogP contribution in [0.5, 0.6) is 0 Å². The van der Waals surface area contributed by atoms with Gasteiger partial charge in [0.05, 0.1) is 5.57 Å². The molecule has 4 heteroatoms. The molecule has 17 heavy (non-hydrogen) atoms. The van der Waals surface area contributed by atoms with Gasteiger partial charge in [0.15, 0.2) is 5.78 Å². The van der Waals surface area contributed by atoms with Gasteiger partial charge in [-0.25, -0.2) is 0 Å². The van der Waals surface area contributed by atoms with Crippen LogP contribution in [0.1, 0.15) is 6.92 Å². The average molecular weight is 232 g/mol. The van der Waals surface area contributed by atoms with Gasteiger partial charge in [0.25, 0.3) is 5.91 Å². The Morgan fingerprint density at radius 2 is 1.76 bits per heavy atom. The maximum Gasteiger partial charge on any atom is 0.260 e. The van der Waals surface area contributed by atoms with E-state index in [4.69, 9.17) is 0 Å². The average Bonchev–Trinajstić information content (AvgIpc) is 2.26. The van der Waals surface area contributed by atoms with Gasteiger partial charge in [-0.15, -0.1) is 0 Å². The van der Waals surface area contributed by atoms with Crippen LogP contribution in [0.25, 0.3) is 0 Å². The van der Waals surface area contributed by atoms with Gasteiger partial charge >= 0.3 is 0 Å². The first-order valence-electron chi connectivity index (χ1n) is 5.26. The van der Waals surface area contributed by atoms with Crippen molar-refractivity contribution in [3.8, 4) is 0 Å². The van der Waals surface area contributed by atoms with Gasteiger partial charge in [-0.3, -0.25) is 9.59 Å². The van der Waals surface area contributed by atoms with Gasteiger partial charge in [0, 0.05) is 26.0 Å². The summed E-state index contributed by atoms with van der Waals surface area (Å²) < 4.78 is 0. The third-order valence-corrected chi connectivity index (χ3v) is 2.04. The maximum atomic E-state index is 11.9. The third kappa shape index (κ3) is 4.10. The highest BCUT2D eigenvalue weighted by atomic mass is 16.2. The van der Waals surface area contributed by atoms with Crippen molar-refractivity contribution in [2.75, 3.05) is 19.4 Å². The van der Waals surface area contributed by atoms with Gasteiger partial charge in [0.2, 0.25) is 0 Å². The summed E-state index contributed by atoms with van der Waals surface area (Å²) >= 11 is 0. The van der Waals surface area contributed by atoms with Crippen molar-refractivity contribution < 1.29 is 9.59 Å². The van der Waals surface area contributed by atoms with Crippen LogP contribution in [0.3, 0.4) is 0 Å². The number of benzene rings is 1. The molecule has 1 rings (SSSR count). The summed E-state index contributed by atoms with van der Waals surface area (Å²) in [6.45, 7) is 1.37. The van der Waals surface area contributed by atoms with Crippen molar-refractivity contribution in [1.29, 1.82) is 0 Å². The van der Waals surface area contributed by atoms with Crippen molar-refractivity contribution in [3.05, 3.63) is 42.1 Å². The first-order valence-corrected chi connectivity index (χ1v) is 5.26. The highest BCUT2D eigenvalue weighted by molar-refractivity contribution is 6.22. The molecule has 0 fully saturated rings. The molecular formula is C13H16N2O2. The normalized spacial score (nSPS) is 10.9. The van der Waals surface area contributed by atoms with E-state index in [0.29, 0.717) is 5.69 Å². The monoisotopic (exact) mass is 232 g/mol. The molecule has 0 spiro atoms. The maximum absolute atomic E-state index is 11.9. The van der Waals surface area contributed by atoms with Crippen LogP contribution in [-0.2, 0) is 9.59 Å². The summed E-state index contributed by atoms with van der Waals surface area (Å²) in [6, 6.07) is 9.03. The first-order chi connectivity index (χ1) is 8.00. The number of hydrogen-bond donors (Lipinski definition) is 1. The molecule has 1 amide bonds. The Balaban J connectivity index is 2.84. The van der Waals surface area contributed by atoms with E-state index in [1.165, 1.54) is 13.1 Å². The molecule has 0 aromatic heterocycles. The Bertz CT molecular complexity index is 436. The van der Waals surface area contributed by atoms with Crippen molar-refractivity contribution in [3.63, 3.8) is 0 Å². The van der Waals surface area contributed by atoms with Crippen LogP contribution in [0.15, 0.2) is 42.1 Å². The Morgan fingerprint density at radius 3 is 2.24 bits per heavy atom. The SMILES string of the molecule is CC(=O)C(=CN(C)C)C(=O)Nc1ccccc1. The minimum Gasteiger partial charge on any atom is -0.383 e. The first kappa shape index (κ1) is 13.0. The predicted octanol–water partition coefficient (Wildman–Crippen LogP) is 1.66. The van der Waals surface area contributed by atoms with E-state index in [-0.39, 0.29) is 11.4 Å². The van der Waals surface area contributed by atoms with E-state index in [2.05, 4.69) is 5.32 Å². The van der Waals surface area contributed by atoms with E-state index in [1.807, 2.05) is 18.2 Å². The van der Waals surface area contributed by atoms with Gasteiger partial charge in [-0.2, -0.15) is 0 Å². The minimum absolute atomic E-state index is 0.138. The van der Waals surface area contributed by atoms with Crippen molar-refractivity contribution in [2.45, 2.75) is 6.92 Å². The number of para-hydroxylation sites is 1. The Labute approximate surface area is 101 Å². The second kappa shape index (κ2) is 5.84. The lowest BCUT2D eigenvalue weighted by Gasteiger charge is -2.10. The van der Waals surface area contributed by atoms with E-state index in [1.54, 1.807) is 31.1 Å². The van der Waals surface area contributed by atoms with Crippen LogP contribution >= 0.6 is 0 Å². The molecule has 0 heterocycles. The molecule has 0 bridgehead atoms. The summed E-state index contributed by atoms with van der Waals surface area (Å²) in [7, 11) is 3.53. The minimum atomic E-state index is -0.391. The molecule has 0 aliphatic carbocycles. The molecule has 0 aliphatic rings. The van der Waals surface area contributed by atoms with Crippen molar-refractivity contribution in [1.82, 2.24) is 4.90 Å². The lowest BCUT2D eigenvalue weighted by atomic mass is 10.2. The zero-order valence-corrected chi connectivity index (χ0v) is 10.2. The van der Waals surface area contributed by atoms with Crippen LogP contribution in [0.4, 0.5) is 5.69 Å². The zero-order valence-electron chi connectivity index (χ0n) is 10.2. The number of anilines is 1. The van der Waals surface area contributed by atoms with Crippen LogP contribution < -0.4 is 5.32 Å². The highest BCUT2D eigenvalue weighted by Gasteiger charge is 2.14. The summed E-state index contributed by atoms with van der Waals surface area (Å²) in [5, 5.41) is 2.67. The third-order valence-electron chi connectivity index (χ3n) is 2.04. The van der Waals surface area contributed by atoms with E-state index in [9.17, 15) is 9.59 Å². The molecular weight excluding hydrogens is 216 g/mol. The lowest BCUT2D eigenvalue weighted by Crippen LogP contribution is -2.21. The molecule has 0 saturated heterocycles. The molecule has 0 unspecified atom stereocenters. The van der Waals surface area contributed by atoms with Crippen LogP contribution in [0.2, 0.25) is 0 Å². The molecule has 1 N–H and O–H groups in total. The van der Waals surface area contributed by atoms with E-state index < -0.39 is 5.91 Å². The lowest BCUT2D eigenvalue weighted by molar-refractivity contribution is -0.119. The summed E-state index contributed by atoms with van der Waals surface area (Å²) in [6.07, 6.45) is 1.51. The molecule has 0 saturated carbocycles. The van der Waals surface area contributed by atoms with Crippen molar-refractivity contribution >= 4 is 17.4 Å². The quantitative estimate of drug-likeness (QED) is 0.488. The molecule has 1 aromatic rings. The predicted molar refractivity (Wildman–Crippen MR) is 67.5 cm³/mol. The summed E-state index contributed by atoms with van der Waals surface area (Å²) in [4.78, 5) is 24.9. The number of Topliss-reactive ketones (excluding diaryl/α,β-unsaturated/α-hetero) is 1. The molecule has 90 valence electrons. The number of hydrogen-bond acceptors (Lipinski definition) is 3. The Hall–Kier alpha value is -2.10. The fraction of sp³-hybridized carbons (Fsp3) is 0.231. The van der Waals surface area contributed by atoms with Crippen LogP contribution in [0, 0.1) is 0 Å². The fourth-order valence-corrected chi connectivity index (χ4v) is 1.29. The second-order valence-electron chi connectivity index (χ2n) is 3.88. The molecule has 0 atom stereocenters. The second-order valence-corrected chi connectivity index (χ2v) is 3.88. The fourth-order valence-electron chi connectivity index (χ4n) is 1.29. The molecule has 4 nitrogen and oxygen atoms in total. The zero-order chi connectivity index (χ0) is 12.8. The summed E-state index contributed by atoms with van der Waals surface area (Å²) in [5.74, 6) is -0.649. The van der Waals surface area contributed by atoms with Gasteiger partial charge < -0.3 is 10.2 Å². The molecule has 0 radical (unpaired) electrons. The highest BCUT2D eigenvalue weighted by Crippen LogP contribution is 2.08. The largest absolute Gasteiger partial charge is 0.383 e. The number of amides is 1. The number of carbonyl (C=O) groups is 2. The van der Waals surface area contributed by atoms with Gasteiger partial charge in [0.1, 0.15) is 0 Å². The summed E-state index contributed by atoms with van der Waals surface area (Å²) in [5.41, 5.74) is 0.808. The Kier molecular flexibility index (Phi) is 4.46. The molecule has 1 aromatic carbocycles. The van der Waals surface area contributed by atoms with E-state index in [0.717, 1.165) is 0 Å². The Morgan fingerprint density at radius 1 is 1.18 bits per heavy atom. The standard InChI is InChI=1S/C13H16N2O2/c1-10(16)12(9-15(2)3)13(17)14-11-7-5-4-6-8-11/h4-9H,1-3H3,(H,14,17). The number of nitrogens with one attached hydrogen (secondary N) is 1. The topological polar surface area (TPSA) is 49.4 Å². The number of ketones is 1. The van der Waals surface area contributed by atoms with Gasteiger partial charge in [-0.1, -0.05) is 18.2 Å². The van der Waals surface area contributed by atoms with Gasteiger partial charge in [-0.05, 0) is 19.1 Å².